The van der Waals surface area contributed by atoms with Crippen molar-refractivity contribution in [1.29, 1.82) is 0 Å². The molecular formula is C11H24N4. The average molecular weight is 212 g/mol. The Hall–Kier alpha value is -1.06. The van der Waals surface area contributed by atoms with Crippen LogP contribution in [0, 0.1) is 0 Å². The van der Waals surface area contributed by atoms with Crippen molar-refractivity contribution in [3.8, 4) is 0 Å². The minimum absolute atomic E-state index is 0.892. The third kappa shape index (κ3) is 7.97. The average Bonchev–Trinajstić information content (AvgIpc) is 2.22. The van der Waals surface area contributed by atoms with Crippen molar-refractivity contribution in [1.82, 2.24) is 10.2 Å². The lowest BCUT2D eigenvalue weighted by atomic mass is 10.3. The number of nitrogens with one attached hydrogen (secondary N) is 1. The van der Waals surface area contributed by atoms with Crippen LogP contribution in [0.5, 0.6) is 0 Å². The minimum atomic E-state index is 0.892. The fourth-order valence-electron chi connectivity index (χ4n) is 0.932. The smallest absolute Gasteiger partial charge is 0.0952 e. The van der Waals surface area contributed by atoms with Gasteiger partial charge in [0.1, 0.15) is 0 Å². The second-order valence-corrected chi connectivity index (χ2v) is 3.75. The summed E-state index contributed by atoms with van der Waals surface area (Å²) in [6.45, 7) is 5.80. The van der Waals surface area contributed by atoms with E-state index in [-0.39, 0.29) is 0 Å². The summed E-state index contributed by atoms with van der Waals surface area (Å²) in [4.78, 5) is 10.8. The molecule has 0 amide bonds. The van der Waals surface area contributed by atoms with Gasteiger partial charge in [0.05, 0.1) is 11.7 Å². The van der Waals surface area contributed by atoms with Gasteiger partial charge in [-0.15, -0.1) is 0 Å². The van der Waals surface area contributed by atoms with E-state index >= 15 is 0 Å². The minimum Gasteiger partial charge on any atom is -0.377 e. The van der Waals surface area contributed by atoms with Crippen LogP contribution < -0.4 is 5.32 Å². The number of nitrogens with zero attached hydrogens (tertiary/aromatic N) is 3. The van der Waals surface area contributed by atoms with E-state index < -0.39 is 0 Å². The van der Waals surface area contributed by atoms with E-state index in [0.717, 1.165) is 37.6 Å². The number of unbranched alkanes of at least 4 members (excludes halogenated alkanes) is 1. The molecule has 0 aliphatic carbocycles. The zero-order valence-electron chi connectivity index (χ0n) is 10.7. The molecule has 88 valence electrons. The molecule has 0 aliphatic heterocycles. The maximum absolute atomic E-state index is 4.44. The van der Waals surface area contributed by atoms with Crippen molar-refractivity contribution in [2.75, 3.05) is 34.2 Å². The van der Waals surface area contributed by atoms with Gasteiger partial charge in [-0.25, -0.2) is 0 Å². The predicted octanol–water partition coefficient (Wildman–Crippen LogP) is 1.38. The van der Waals surface area contributed by atoms with Crippen molar-refractivity contribution < 1.29 is 0 Å². The van der Waals surface area contributed by atoms with Crippen LogP contribution in [0.2, 0.25) is 0 Å². The van der Waals surface area contributed by atoms with Gasteiger partial charge in [-0.1, -0.05) is 0 Å². The van der Waals surface area contributed by atoms with E-state index in [2.05, 4.69) is 15.3 Å². The molecule has 0 rings (SSSR count). The Morgan fingerprint density at radius 1 is 1.07 bits per heavy atom. The first-order valence-corrected chi connectivity index (χ1v) is 5.45. The lowest BCUT2D eigenvalue weighted by molar-refractivity contribution is 0.610. The quantitative estimate of drug-likeness (QED) is 0.425. The Labute approximate surface area is 93.5 Å². The van der Waals surface area contributed by atoms with Gasteiger partial charge < -0.3 is 10.2 Å². The zero-order valence-corrected chi connectivity index (χ0v) is 10.7. The van der Waals surface area contributed by atoms with Crippen molar-refractivity contribution in [2.24, 2.45) is 9.98 Å². The molecule has 15 heavy (non-hydrogen) atoms. The van der Waals surface area contributed by atoms with Gasteiger partial charge in [0.15, 0.2) is 0 Å². The summed E-state index contributed by atoms with van der Waals surface area (Å²) in [5, 5.41) is 3.00. The summed E-state index contributed by atoms with van der Waals surface area (Å²) in [6.07, 6.45) is 2.20. The lowest BCUT2D eigenvalue weighted by Gasteiger charge is -2.10. The van der Waals surface area contributed by atoms with Gasteiger partial charge >= 0.3 is 0 Å². The Morgan fingerprint density at radius 3 is 2.07 bits per heavy atom. The molecule has 0 unspecified atom stereocenters. The highest BCUT2D eigenvalue weighted by atomic mass is 15.1. The van der Waals surface area contributed by atoms with E-state index in [1.165, 1.54) is 0 Å². The second-order valence-electron chi connectivity index (χ2n) is 3.75. The van der Waals surface area contributed by atoms with Crippen molar-refractivity contribution in [3.63, 3.8) is 0 Å². The largest absolute Gasteiger partial charge is 0.377 e. The van der Waals surface area contributed by atoms with Crippen LogP contribution in [0.3, 0.4) is 0 Å². The van der Waals surface area contributed by atoms with E-state index in [1.54, 1.807) is 0 Å². The molecule has 0 fully saturated rings. The standard InChI is InChI=1S/C11H24N4/c1-10(12-3)13-8-6-7-9-14-11(2)15(4)5/h6-9H2,1-5H3,(H,12,13)/b14-11+. The number of amidine groups is 2. The van der Waals surface area contributed by atoms with E-state index in [0.29, 0.717) is 0 Å². The van der Waals surface area contributed by atoms with Gasteiger partial charge in [0, 0.05) is 34.2 Å². The first-order chi connectivity index (χ1) is 7.07. The van der Waals surface area contributed by atoms with E-state index in [1.807, 2.05) is 39.9 Å². The van der Waals surface area contributed by atoms with Crippen LogP contribution in [-0.2, 0) is 0 Å². The molecule has 0 aromatic rings. The Balaban J connectivity index is 3.52. The lowest BCUT2D eigenvalue weighted by Crippen LogP contribution is -2.18. The molecule has 0 aromatic heterocycles. The Kier molecular flexibility index (Phi) is 7.68. The summed E-state index contributed by atoms with van der Waals surface area (Å²) < 4.78 is 0. The molecule has 0 bridgehead atoms. The SMILES string of the molecule is CN/C(C)=N/CCCC/N=C(\C)N(C)C. The van der Waals surface area contributed by atoms with E-state index in [9.17, 15) is 0 Å². The molecule has 0 spiro atoms. The fourth-order valence-corrected chi connectivity index (χ4v) is 0.932. The van der Waals surface area contributed by atoms with Crippen molar-refractivity contribution >= 4 is 11.7 Å². The maximum atomic E-state index is 4.44. The molecule has 0 atom stereocenters. The van der Waals surface area contributed by atoms with Crippen molar-refractivity contribution in [2.45, 2.75) is 26.7 Å². The highest BCUT2D eigenvalue weighted by Crippen LogP contribution is 1.92. The summed E-state index contributed by atoms with van der Waals surface area (Å²) in [7, 11) is 5.92. The third-order valence-electron chi connectivity index (χ3n) is 2.26. The molecule has 1 N–H and O–H groups in total. The first-order valence-electron chi connectivity index (χ1n) is 5.45. The van der Waals surface area contributed by atoms with Gasteiger partial charge in [-0.2, -0.15) is 0 Å². The number of hydrogen-bond acceptors (Lipinski definition) is 2. The molecule has 0 aromatic carbocycles. The van der Waals surface area contributed by atoms with Crippen LogP contribution in [0.15, 0.2) is 9.98 Å². The monoisotopic (exact) mass is 212 g/mol. The van der Waals surface area contributed by atoms with Crippen molar-refractivity contribution in [3.05, 3.63) is 0 Å². The van der Waals surface area contributed by atoms with Crippen LogP contribution in [-0.4, -0.2) is 50.8 Å². The molecule has 0 heterocycles. The highest BCUT2D eigenvalue weighted by Gasteiger charge is 1.92. The van der Waals surface area contributed by atoms with Crippen LogP contribution in [0.4, 0.5) is 0 Å². The van der Waals surface area contributed by atoms with Crippen LogP contribution in [0.1, 0.15) is 26.7 Å². The topological polar surface area (TPSA) is 40.0 Å². The zero-order chi connectivity index (χ0) is 11.7. The Morgan fingerprint density at radius 2 is 1.60 bits per heavy atom. The molecule has 4 heteroatoms. The molecule has 0 saturated carbocycles. The second kappa shape index (κ2) is 8.26. The molecule has 0 saturated heterocycles. The molecular weight excluding hydrogens is 188 g/mol. The summed E-state index contributed by atoms with van der Waals surface area (Å²) in [6, 6.07) is 0. The third-order valence-corrected chi connectivity index (χ3v) is 2.26. The molecule has 4 nitrogen and oxygen atoms in total. The van der Waals surface area contributed by atoms with Crippen LogP contribution in [0.25, 0.3) is 0 Å². The summed E-state index contributed by atoms with van der Waals surface area (Å²) in [5.74, 6) is 2.09. The fraction of sp³-hybridized carbons (Fsp3) is 0.818. The van der Waals surface area contributed by atoms with Crippen LogP contribution >= 0.6 is 0 Å². The summed E-state index contributed by atoms with van der Waals surface area (Å²) >= 11 is 0. The molecule has 0 radical (unpaired) electrons. The number of aliphatic imine (C=N–C) groups is 2. The van der Waals surface area contributed by atoms with Gasteiger partial charge in [0.25, 0.3) is 0 Å². The number of hydrogen-bond donors (Lipinski definition) is 1. The Bertz CT molecular complexity index is 219. The van der Waals surface area contributed by atoms with E-state index in [4.69, 9.17) is 0 Å². The first kappa shape index (κ1) is 13.9. The predicted molar refractivity (Wildman–Crippen MR) is 67.9 cm³/mol. The van der Waals surface area contributed by atoms with Gasteiger partial charge in [-0.3, -0.25) is 9.98 Å². The van der Waals surface area contributed by atoms with Gasteiger partial charge in [-0.05, 0) is 26.7 Å². The maximum Gasteiger partial charge on any atom is 0.0952 e. The highest BCUT2D eigenvalue weighted by molar-refractivity contribution is 5.79. The van der Waals surface area contributed by atoms with Gasteiger partial charge in [0.2, 0.25) is 0 Å². The summed E-state index contributed by atoms with van der Waals surface area (Å²) in [5.41, 5.74) is 0. The molecule has 0 aliphatic rings. The normalized spacial score (nSPS) is 12.9. The number of rotatable bonds is 5.